The van der Waals surface area contributed by atoms with E-state index < -0.39 is 0 Å². The lowest BCUT2D eigenvalue weighted by atomic mass is 10.0. The van der Waals surface area contributed by atoms with Crippen molar-refractivity contribution < 1.29 is 0 Å². The largest absolute Gasteiger partial charge is 0.370 e. The molecule has 0 amide bonds. The van der Waals surface area contributed by atoms with E-state index in [1.165, 1.54) is 38.0 Å². The maximum absolute atomic E-state index is 5.65. The first-order valence-corrected chi connectivity index (χ1v) is 6.26. The van der Waals surface area contributed by atoms with E-state index in [-0.39, 0.29) is 0 Å². The third-order valence-electron chi connectivity index (χ3n) is 4.11. The van der Waals surface area contributed by atoms with Gasteiger partial charge in [0.15, 0.2) is 0 Å². The minimum atomic E-state index is 0.585. The van der Waals surface area contributed by atoms with E-state index in [0.717, 1.165) is 17.4 Å². The summed E-state index contributed by atoms with van der Waals surface area (Å²) in [5, 5.41) is 0. The number of pyridine rings is 1. The predicted molar refractivity (Wildman–Crippen MR) is 65.2 cm³/mol. The Balaban J connectivity index is 1.78. The van der Waals surface area contributed by atoms with Crippen molar-refractivity contribution in [2.45, 2.75) is 25.8 Å². The second-order valence-corrected chi connectivity index (χ2v) is 5.11. The molecule has 1 aliphatic carbocycles. The third-order valence-corrected chi connectivity index (χ3v) is 4.11. The quantitative estimate of drug-likeness (QED) is 0.821. The first-order valence-electron chi connectivity index (χ1n) is 6.26. The SMILES string of the molecule is NCc1cncc(N2C[C@H]3CCC[C@H]3C2)c1. The Hall–Kier alpha value is -1.09. The van der Waals surface area contributed by atoms with Crippen molar-refractivity contribution in [3.63, 3.8) is 0 Å². The maximum atomic E-state index is 5.65. The van der Waals surface area contributed by atoms with Crippen LogP contribution >= 0.6 is 0 Å². The highest BCUT2D eigenvalue weighted by atomic mass is 15.2. The molecule has 2 aliphatic rings. The van der Waals surface area contributed by atoms with Crippen LogP contribution in [0.2, 0.25) is 0 Å². The van der Waals surface area contributed by atoms with Gasteiger partial charge in [0.25, 0.3) is 0 Å². The molecule has 3 heteroatoms. The van der Waals surface area contributed by atoms with Crippen molar-refractivity contribution in [1.82, 2.24) is 4.98 Å². The zero-order chi connectivity index (χ0) is 11.0. The minimum absolute atomic E-state index is 0.585. The Bertz CT molecular complexity index is 365. The summed E-state index contributed by atoms with van der Waals surface area (Å²) in [6, 6.07) is 2.19. The van der Waals surface area contributed by atoms with Gasteiger partial charge in [-0.3, -0.25) is 4.98 Å². The number of hydrogen-bond acceptors (Lipinski definition) is 3. The number of fused-ring (bicyclic) bond motifs is 1. The van der Waals surface area contributed by atoms with E-state index in [1.807, 2.05) is 12.4 Å². The van der Waals surface area contributed by atoms with E-state index in [1.54, 1.807) is 0 Å². The highest BCUT2D eigenvalue weighted by Gasteiger charge is 2.36. The molecule has 2 heterocycles. The second-order valence-electron chi connectivity index (χ2n) is 5.11. The average molecular weight is 217 g/mol. The van der Waals surface area contributed by atoms with Gasteiger partial charge in [0.05, 0.1) is 11.9 Å². The molecule has 16 heavy (non-hydrogen) atoms. The fourth-order valence-corrected chi connectivity index (χ4v) is 3.20. The summed E-state index contributed by atoms with van der Waals surface area (Å²) >= 11 is 0. The molecular formula is C13H19N3. The van der Waals surface area contributed by atoms with Gasteiger partial charge < -0.3 is 10.6 Å². The van der Waals surface area contributed by atoms with Gasteiger partial charge in [0.2, 0.25) is 0 Å². The molecule has 0 radical (unpaired) electrons. The van der Waals surface area contributed by atoms with Crippen LogP contribution in [0.3, 0.4) is 0 Å². The lowest BCUT2D eigenvalue weighted by Crippen LogP contribution is -2.21. The molecule has 3 nitrogen and oxygen atoms in total. The van der Waals surface area contributed by atoms with Crippen LogP contribution in [0.4, 0.5) is 5.69 Å². The van der Waals surface area contributed by atoms with Gasteiger partial charge >= 0.3 is 0 Å². The molecule has 3 rings (SSSR count). The molecule has 0 unspecified atom stereocenters. The Morgan fingerprint density at radius 1 is 1.25 bits per heavy atom. The Morgan fingerprint density at radius 2 is 2.00 bits per heavy atom. The maximum Gasteiger partial charge on any atom is 0.0556 e. The fourth-order valence-electron chi connectivity index (χ4n) is 3.20. The molecule has 1 saturated carbocycles. The topological polar surface area (TPSA) is 42.1 Å². The van der Waals surface area contributed by atoms with Crippen molar-refractivity contribution in [3.8, 4) is 0 Å². The monoisotopic (exact) mass is 217 g/mol. The number of rotatable bonds is 2. The first-order chi connectivity index (χ1) is 7.86. The van der Waals surface area contributed by atoms with E-state index >= 15 is 0 Å². The number of hydrogen-bond donors (Lipinski definition) is 1. The van der Waals surface area contributed by atoms with E-state index in [2.05, 4.69) is 16.0 Å². The van der Waals surface area contributed by atoms with Gasteiger partial charge in [-0.15, -0.1) is 0 Å². The highest BCUT2D eigenvalue weighted by Crippen LogP contribution is 2.39. The molecule has 0 aromatic carbocycles. The van der Waals surface area contributed by atoms with Crippen molar-refractivity contribution >= 4 is 5.69 Å². The number of nitrogens with two attached hydrogens (primary N) is 1. The summed E-state index contributed by atoms with van der Waals surface area (Å²) in [7, 11) is 0. The zero-order valence-corrected chi connectivity index (χ0v) is 9.60. The van der Waals surface area contributed by atoms with Crippen LogP contribution in [0.15, 0.2) is 18.5 Å². The Morgan fingerprint density at radius 3 is 2.69 bits per heavy atom. The van der Waals surface area contributed by atoms with Crippen molar-refractivity contribution in [2.75, 3.05) is 18.0 Å². The molecule has 1 aliphatic heterocycles. The second kappa shape index (κ2) is 4.06. The summed E-state index contributed by atoms with van der Waals surface area (Å²) in [6.07, 6.45) is 8.11. The van der Waals surface area contributed by atoms with Crippen molar-refractivity contribution in [3.05, 3.63) is 24.0 Å². The van der Waals surface area contributed by atoms with Crippen LogP contribution in [-0.2, 0) is 6.54 Å². The highest BCUT2D eigenvalue weighted by molar-refractivity contribution is 5.47. The van der Waals surface area contributed by atoms with Gasteiger partial charge in [-0.1, -0.05) is 6.42 Å². The number of aromatic nitrogens is 1. The summed E-state index contributed by atoms with van der Waals surface area (Å²) in [6.45, 7) is 3.03. The van der Waals surface area contributed by atoms with Gasteiger partial charge in [-0.25, -0.2) is 0 Å². The summed E-state index contributed by atoms with van der Waals surface area (Å²) in [5.74, 6) is 1.86. The summed E-state index contributed by atoms with van der Waals surface area (Å²) in [5.41, 5.74) is 8.05. The van der Waals surface area contributed by atoms with E-state index in [9.17, 15) is 0 Å². The first kappa shape index (κ1) is 10.1. The molecule has 1 aromatic heterocycles. The average Bonchev–Trinajstić information content (AvgIpc) is 2.89. The van der Waals surface area contributed by atoms with Crippen LogP contribution in [0.25, 0.3) is 0 Å². The van der Waals surface area contributed by atoms with Gasteiger partial charge in [0, 0.05) is 25.8 Å². The van der Waals surface area contributed by atoms with Crippen LogP contribution in [0.5, 0.6) is 0 Å². The van der Waals surface area contributed by atoms with Gasteiger partial charge in [-0.2, -0.15) is 0 Å². The molecule has 2 N–H and O–H groups in total. The fraction of sp³-hybridized carbons (Fsp3) is 0.615. The number of anilines is 1. The standard InChI is InChI=1S/C13H19N3/c14-5-10-4-13(7-15-6-10)16-8-11-2-1-3-12(11)9-16/h4,6-7,11-12H,1-3,5,8-9,14H2/t11-,12+. The van der Waals surface area contributed by atoms with Crippen LogP contribution < -0.4 is 10.6 Å². The molecule has 2 fully saturated rings. The summed E-state index contributed by atoms with van der Waals surface area (Å²) in [4.78, 5) is 6.76. The number of nitrogens with zero attached hydrogens (tertiary/aromatic N) is 2. The third kappa shape index (κ3) is 1.69. The van der Waals surface area contributed by atoms with Gasteiger partial charge in [0.1, 0.15) is 0 Å². The molecule has 1 saturated heterocycles. The molecule has 1 aromatic rings. The van der Waals surface area contributed by atoms with Crippen LogP contribution in [-0.4, -0.2) is 18.1 Å². The molecule has 2 atom stereocenters. The predicted octanol–water partition coefficient (Wildman–Crippen LogP) is 1.78. The smallest absolute Gasteiger partial charge is 0.0556 e. The lowest BCUT2D eigenvalue weighted by molar-refractivity contribution is 0.494. The Kier molecular flexibility index (Phi) is 2.56. The molecule has 0 spiro atoms. The van der Waals surface area contributed by atoms with E-state index in [0.29, 0.717) is 6.54 Å². The molecule has 0 bridgehead atoms. The van der Waals surface area contributed by atoms with Crippen LogP contribution in [0.1, 0.15) is 24.8 Å². The zero-order valence-electron chi connectivity index (χ0n) is 9.60. The van der Waals surface area contributed by atoms with E-state index in [4.69, 9.17) is 5.73 Å². The van der Waals surface area contributed by atoms with Crippen LogP contribution in [0, 0.1) is 11.8 Å². The normalized spacial score (nSPS) is 28.4. The summed E-state index contributed by atoms with van der Waals surface area (Å²) < 4.78 is 0. The minimum Gasteiger partial charge on any atom is -0.370 e. The molecular weight excluding hydrogens is 198 g/mol. The Labute approximate surface area is 96.7 Å². The molecule has 86 valence electrons. The van der Waals surface area contributed by atoms with Crippen molar-refractivity contribution in [2.24, 2.45) is 17.6 Å². The van der Waals surface area contributed by atoms with Crippen molar-refractivity contribution in [1.29, 1.82) is 0 Å². The lowest BCUT2D eigenvalue weighted by Gasteiger charge is -2.19. The van der Waals surface area contributed by atoms with Gasteiger partial charge in [-0.05, 0) is 36.3 Å².